The summed E-state index contributed by atoms with van der Waals surface area (Å²) in [6.45, 7) is 0. The molecule has 1 saturated carbocycles. The zero-order valence-electron chi connectivity index (χ0n) is 10.9. The Morgan fingerprint density at radius 3 is 2.84 bits per heavy atom. The smallest absolute Gasteiger partial charge is 0.259 e. The molecule has 0 spiro atoms. The van der Waals surface area contributed by atoms with Crippen molar-refractivity contribution in [2.75, 3.05) is 5.32 Å². The van der Waals surface area contributed by atoms with Crippen LogP contribution in [0.2, 0.25) is 0 Å². The van der Waals surface area contributed by atoms with Crippen LogP contribution in [0.4, 0.5) is 5.82 Å². The summed E-state index contributed by atoms with van der Waals surface area (Å²) < 4.78 is 3.55. The number of nitrogens with one attached hydrogen (secondary N) is 1. The molecule has 6 heteroatoms. The Morgan fingerprint density at radius 2 is 2.16 bits per heavy atom. The molecule has 0 aliphatic heterocycles. The molecule has 0 aromatic carbocycles. The van der Waals surface area contributed by atoms with Crippen LogP contribution in [0.15, 0.2) is 24.7 Å². The molecule has 0 radical (unpaired) electrons. The number of rotatable bonds is 3. The van der Waals surface area contributed by atoms with Gasteiger partial charge in [0.15, 0.2) is 0 Å². The third kappa shape index (κ3) is 2.38. The number of carbonyl (C=O) groups excluding carboxylic acids is 1. The molecule has 2 heterocycles. The first-order valence-corrected chi connectivity index (χ1v) is 6.57. The summed E-state index contributed by atoms with van der Waals surface area (Å²) in [7, 11) is 1.79. The molecule has 19 heavy (non-hydrogen) atoms. The Bertz CT molecular complexity index is 579. The maximum atomic E-state index is 12.1. The second-order valence-electron chi connectivity index (χ2n) is 4.96. The minimum atomic E-state index is -0.146. The first-order valence-electron chi connectivity index (χ1n) is 6.57. The summed E-state index contributed by atoms with van der Waals surface area (Å²) in [5.74, 6) is 0.619. The third-order valence-corrected chi connectivity index (χ3v) is 3.55. The number of anilines is 1. The van der Waals surface area contributed by atoms with Crippen LogP contribution < -0.4 is 5.32 Å². The fraction of sp³-hybridized carbons (Fsp3) is 0.462. The third-order valence-electron chi connectivity index (χ3n) is 3.55. The number of carbonyl (C=O) groups is 1. The predicted molar refractivity (Wildman–Crippen MR) is 70.9 cm³/mol. The molecule has 1 fully saturated rings. The summed E-state index contributed by atoms with van der Waals surface area (Å²) in [5, 5.41) is 11.2. The van der Waals surface area contributed by atoms with Gasteiger partial charge in [0.05, 0.1) is 24.0 Å². The zero-order valence-corrected chi connectivity index (χ0v) is 10.9. The number of aromatic nitrogens is 4. The van der Waals surface area contributed by atoms with E-state index in [0.717, 1.165) is 18.7 Å². The number of nitrogens with zero attached hydrogens (tertiary/aromatic N) is 4. The molecule has 0 saturated heterocycles. The van der Waals surface area contributed by atoms with Crippen LogP contribution >= 0.6 is 0 Å². The Kier molecular flexibility index (Phi) is 3.06. The largest absolute Gasteiger partial charge is 0.307 e. The van der Waals surface area contributed by atoms with Gasteiger partial charge in [0.1, 0.15) is 5.82 Å². The van der Waals surface area contributed by atoms with Gasteiger partial charge in [-0.25, -0.2) is 4.68 Å². The van der Waals surface area contributed by atoms with Crippen LogP contribution in [0.25, 0.3) is 0 Å². The van der Waals surface area contributed by atoms with Gasteiger partial charge in [-0.3, -0.25) is 9.48 Å². The van der Waals surface area contributed by atoms with E-state index in [1.54, 1.807) is 30.3 Å². The number of hydrogen-bond donors (Lipinski definition) is 1. The monoisotopic (exact) mass is 259 g/mol. The van der Waals surface area contributed by atoms with Crippen molar-refractivity contribution < 1.29 is 4.79 Å². The van der Waals surface area contributed by atoms with E-state index < -0.39 is 0 Å². The SMILES string of the molecule is Cn1cc(C(=O)Nc2ccnn2C2CCCC2)cn1. The van der Waals surface area contributed by atoms with Gasteiger partial charge in [-0.1, -0.05) is 12.8 Å². The van der Waals surface area contributed by atoms with E-state index in [2.05, 4.69) is 15.5 Å². The van der Waals surface area contributed by atoms with Crippen molar-refractivity contribution in [3.05, 3.63) is 30.2 Å². The average molecular weight is 259 g/mol. The first-order chi connectivity index (χ1) is 9.24. The van der Waals surface area contributed by atoms with Gasteiger partial charge in [-0.05, 0) is 12.8 Å². The molecular weight excluding hydrogens is 242 g/mol. The molecule has 0 unspecified atom stereocenters. The molecule has 2 aromatic rings. The van der Waals surface area contributed by atoms with Crippen LogP contribution in [0.1, 0.15) is 42.1 Å². The van der Waals surface area contributed by atoms with Crippen LogP contribution in [0, 0.1) is 0 Å². The lowest BCUT2D eigenvalue weighted by atomic mass is 10.2. The Balaban J connectivity index is 1.76. The van der Waals surface area contributed by atoms with Gasteiger partial charge < -0.3 is 5.32 Å². The van der Waals surface area contributed by atoms with Gasteiger partial charge in [0.25, 0.3) is 5.91 Å². The minimum Gasteiger partial charge on any atom is -0.307 e. The Morgan fingerprint density at radius 1 is 1.37 bits per heavy atom. The second kappa shape index (κ2) is 4.87. The molecule has 2 aromatic heterocycles. The first kappa shape index (κ1) is 12.0. The van der Waals surface area contributed by atoms with E-state index in [9.17, 15) is 4.79 Å². The molecule has 0 atom stereocenters. The van der Waals surface area contributed by atoms with E-state index in [1.807, 2.05) is 10.7 Å². The minimum absolute atomic E-state index is 0.146. The van der Waals surface area contributed by atoms with Crippen LogP contribution in [0.5, 0.6) is 0 Å². The average Bonchev–Trinajstić information content (AvgIpc) is 3.07. The highest BCUT2D eigenvalue weighted by Gasteiger charge is 2.20. The standard InChI is InChI=1S/C13H17N5O/c1-17-9-10(8-15-17)13(19)16-12-6-7-14-18(12)11-4-2-3-5-11/h6-9,11H,2-5H2,1H3,(H,16,19). The summed E-state index contributed by atoms with van der Waals surface area (Å²) in [4.78, 5) is 12.1. The fourth-order valence-corrected chi connectivity index (χ4v) is 2.58. The van der Waals surface area contributed by atoms with Crippen molar-refractivity contribution in [2.24, 2.45) is 7.05 Å². The van der Waals surface area contributed by atoms with Crippen molar-refractivity contribution in [1.29, 1.82) is 0 Å². The van der Waals surface area contributed by atoms with Gasteiger partial charge in [-0.15, -0.1) is 0 Å². The predicted octanol–water partition coefficient (Wildman–Crippen LogP) is 1.98. The molecule has 1 amide bonds. The van der Waals surface area contributed by atoms with Crippen molar-refractivity contribution in [2.45, 2.75) is 31.7 Å². The summed E-state index contributed by atoms with van der Waals surface area (Å²) in [6, 6.07) is 2.26. The molecule has 1 aliphatic carbocycles. The van der Waals surface area contributed by atoms with E-state index in [-0.39, 0.29) is 5.91 Å². The summed E-state index contributed by atoms with van der Waals surface area (Å²) in [6.07, 6.45) is 9.74. The van der Waals surface area contributed by atoms with Crippen molar-refractivity contribution in [3.63, 3.8) is 0 Å². The van der Waals surface area contributed by atoms with Crippen LogP contribution in [-0.2, 0) is 7.05 Å². The maximum Gasteiger partial charge on any atom is 0.259 e. The van der Waals surface area contributed by atoms with Gasteiger partial charge in [-0.2, -0.15) is 10.2 Å². The van der Waals surface area contributed by atoms with Gasteiger partial charge in [0.2, 0.25) is 0 Å². The van der Waals surface area contributed by atoms with Crippen LogP contribution in [0.3, 0.4) is 0 Å². The molecule has 1 N–H and O–H groups in total. The highest BCUT2D eigenvalue weighted by molar-refractivity contribution is 6.03. The van der Waals surface area contributed by atoms with Crippen molar-refractivity contribution in [3.8, 4) is 0 Å². The molecule has 3 rings (SSSR count). The molecular formula is C13H17N5O. The molecule has 1 aliphatic rings. The zero-order chi connectivity index (χ0) is 13.2. The lowest BCUT2D eigenvalue weighted by Crippen LogP contribution is -2.17. The highest BCUT2D eigenvalue weighted by Crippen LogP contribution is 2.31. The van der Waals surface area contributed by atoms with E-state index in [1.165, 1.54) is 12.8 Å². The highest BCUT2D eigenvalue weighted by atomic mass is 16.1. The van der Waals surface area contributed by atoms with E-state index >= 15 is 0 Å². The molecule has 100 valence electrons. The number of hydrogen-bond acceptors (Lipinski definition) is 3. The quantitative estimate of drug-likeness (QED) is 0.916. The Labute approximate surface area is 111 Å². The number of aryl methyl sites for hydroxylation is 1. The van der Waals surface area contributed by atoms with Gasteiger partial charge in [0, 0.05) is 19.3 Å². The topological polar surface area (TPSA) is 64.7 Å². The molecule has 6 nitrogen and oxygen atoms in total. The molecule has 0 bridgehead atoms. The second-order valence-corrected chi connectivity index (χ2v) is 4.96. The van der Waals surface area contributed by atoms with E-state index in [0.29, 0.717) is 11.6 Å². The fourth-order valence-electron chi connectivity index (χ4n) is 2.58. The lowest BCUT2D eigenvalue weighted by Gasteiger charge is -2.14. The Hall–Kier alpha value is -2.11. The number of amides is 1. The summed E-state index contributed by atoms with van der Waals surface area (Å²) >= 11 is 0. The summed E-state index contributed by atoms with van der Waals surface area (Å²) in [5.41, 5.74) is 0.557. The van der Waals surface area contributed by atoms with Crippen molar-refractivity contribution in [1.82, 2.24) is 19.6 Å². The van der Waals surface area contributed by atoms with E-state index in [4.69, 9.17) is 0 Å². The normalized spacial score (nSPS) is 15.8. The van der Waals surface area contributed by atoms with Crippen molar-refractivity contribution >= 4 is 11.7 Å². The van der Waals surface area contributed by atoms with Crippen LogP contribution in [-0.4, -0.2) is 25.5 Å². The van der Waals surface area contributed by atoms with Gasteiger partial charge >= 0.3 is 0 Å². The maximum absolute atomic E-state index is 12.1. The lowest BCUT2D eigenvalue weighted by molar-refractivity contribution is 0.102.